The van der Waals surface area contributed by atoms with E-state index < -0.39 is 0 Å². The van der Waals surface area contributed by atoms with Gasteiger partial charge in [-0.1, -0.05) is 18.2 Å². The van der Waals surface area contributed by atoms with Crippen LogP contribution in [0.4, 0.5) is 5.69 Å². The maximum atomic E-state index is 6.18. The molecule has 1 unspecified atom stereocenters. The van der Waals surface area contributed by atoms with E-state index in [1.54, 1.807) is 0 Å². The van der Waals surface area contributed by atoms with Gasteiger partial charge < -0.3 is 10.6 Å². The van der Waals surface area contributed by atoms with Gasteiger partial charge in [0, 0.05) is 38.1 Å². The van der Waals surface area contributed by atoms with Gasteiger partial charge in [0.2, 0.25) is 0 Å². The molecule has 0 radical (unpaired) electrons. The number of benzene rings is 1. The van der Waals surface area contributed by atoms with Gasteiger partial charge in [0.05, 0.1) is 6.20 Å². The predicted octanol–water partition coefficient (Wildman–Crippen LogP) is 1.87. The highest BCUT2D eigenvalue weighted by Crippen LogP contribution is 2.31. The van der Waals surface area contributed by atoms with Gasteiger partial charge in [0.15, 0.2) is 0 Å². The van der Waals surface area contributed by atoms with Gasteiger partial charge >= 0.3 is 0 Å². The lowest BCUT2D eigenvalue weighted by atomic mass is 9.97. The zero-order valence-electron chi connectivity index (χ0n) is 11.3. The molecular formula is C15H20N4. The lowest BCUT2D eigenvalue weighted by Crippen LogP contribution is -2.35. The average Bonchev–Trinajstić information content (AvgIpc) is 2.84. The Kier molecular flexibility index (Phi) is 3.25. The van der Waals surface area contributed by atoms with E-state index in [0.29, 0.717) is 0 Å². The van der Waals surface area contributed by atoms with Crippen LogP contribution in [0.15, 0.2) is 36.7 Å². The standard InChI is InChI=1S/C15H20N4/c1-18-11-12(10-17-18)6-8-19-9-7-14(16)13-4-2-3-5-15(13)19/h2-5,10-11,14H,6-9,16H2,1H3. The fourth-order valence-corrected chi connectivity index (χ4v) is 2.76. The van der Waals surface area contributed by atoms with Gasteiger partial charge in [-0.2, -0.15) is 5.10 Å². The van der Waals surface area contributed by atoms with Crippen LogP contribution < -0.4 is 10.6 Å². The number of para-hydroxylation sites is 1. The molecule has 0 aliphatic carbocycles. The Morgan fingerprint density at radius 3 is 3.00 bits per heavy atom. The molecule has 0 saturated heterocycles. The maximum absolute atomic E-state index is 6.18. The van der Waals surface area contributed by atoms with Crippen molar-refractivity contribution < 1.29 is 0 Å². The van der Waals surface area contributed by atoms with Gasteiger partial charge in [-0.05, 0) is 30.0 Å². The van der Waals surface area contributed by atoms with Gasteiger partial charge in [0.1, 0.15) is 0 Å². The minimum atomic E-state index is 0.186. The number of hydrogen-bond acceptors (Lipinski definition) is 3. The monoisotopic (exact) mass is 256 g/mol. The van der Waals surface area contributed by atoms with Crippen molar-refractivity contribution in [2.24, 2.45) is 12.8 Å². The lowest BCUT2D eigenvalue weighted by molar-refractivity contribution is 0.591. The number of hydrogen-bond donors (Lipinski definition) is 1. The summed E-state index contributed by atoms with van der Waals surface area (Å²) in [6.07, 6.45) is 6.09. The van der Waals surface area contributed by atoms with Gasteiger partial charge in [-0.25, -0.2) is 0 Å². The van der Waals surface area contributed by atoms with Crippen molar-refractivity contribution in [3.05, 3.63) is 47.8 Å². The van der Waals surface area contributed by atoms with Gasteiger partial charge in [-0.3, -0.25) is 4.68 Å². The second-order valence-corrected chi connectivity index (χ2v) is 5.21. The second-order valence-electron chi connectivity index (χ2n) is 5.21. The summed E-state index contributed by atoms with van der Waals surface area (Å²) in [7, 11) is 1.96. The summed E-state index contributed by atoms with van der Waals surface area (Å²) in [6.45, 7) is 2.06. The number of anilines is 1. The third-order valence-corrected chi connectivity index (χ3v) is 3.82. The summed E-state index contributed by atoms with van der Waals surface area (Å²) in [5, 5.41) is 4.21. The summed E-state index contributed by atoms with van der Waals surface area (Å²) < 4.78 is 1.86. The molecule has 0 fully saturated rings. The van der Waals surface area contributed by atoms with E-state index in [4.69, 9.17) is 5.73 Å². The highest BCUT2D eigenvalue weighted by atomic mass is 15.2. The zero-order valence-corrected chi connectivity index (χ0v) is 11.3. The predicted molar refractivity (Wildman–Crippen MR) is 77.1 cm³/mol. The Hall–Kier alpha value is -1.81. The molecule has 0 bridgehead atoms. The van der Waals surface area contributed by atoms with Crippen molar-refractivity contribution in [2.45, 2.75) is 18.9 Å². The topological polar surface area (TPSA) is 47.1 Å². The van der Waals surface area contributed by atoms with E-state index >= 15 is 0 Å². The molecule has 0 amide bonds. The molecule has 1 aliphatic rings. The molecule has 2 aromatic rings. The summed E-state index contributed by atoms with van der Waals surface area (Å²) in [4.78, 5) is 2.44. The Labute approximate surface area is 113 Å². The number of fused-ring (bicyclic) bond motifs is 1. The molecule has 0 spiro atoms. The lowest BCUT2D eigenvalue weighted by Gasteiger charge is -2.34. The second kappa shape index (κ2) is 5.05. The molecule has 2 heterocycles. The molecule has 0 saturated carbocycles. The van der Waals surface area contributed by atoms with Crippen molar-refractivity contribution in [1.29, 1.82) is 0 Å². The molecule has 1 atom stereocenters. The normalized spacial score (nSPS) is 18.4. The molecular weight excluding hydrogens is 236 g/mol. The van der Waals surface area contributed by atoms with Crippen LogP contribution >= 0.6 is 0 Å². The fraction of sp³-hybridized carbons (Fsp3) is 0.400. The smallest absolute Gasteiger partial charge is 0.0522 e. The Morgan fingerprint density at radius 2 is 2.21 bits per heavy atom. The highest BCUT2D eigenvalue weighted by molar-refractivity contribution is 5.56. The van der Waals surface area contributed by atoms with Crippen LogP contribution in [-0.4, -0.2) is 22.9 Å². The quantitative estimate of drug-likeness (QED) is 0.912. The largest absolute Gasteiger partial charge is 0.371 e. The summed E-state index contributed by atoms with van der Waals surface area (Å²) in [5.41, 5.74) is 10.0. The molecule has 4 heteroatoms. The van der Waals surface area contributed by atoms with Crippen LogP contribution in [0.2, 0.25) is 0 Å². The third kappa shape index (κ3) is 2.49. The third-order valence-electron chi connectivity index (χ3n) is 3.82. The first kappa shape index (κ1) is 12.2. The van der Waals surface area contributed by atoms with Crippen LogP contribution in [0, 0.1) is 0 Å². The molecule has 3 rings (SSSR count). The molecule has 1 aromatic heterocycles. The number of aryl methyl sites for hydroxylation is 1. The van der Waals surface area contributed by atoms with E-state index in [1.807, 2.05) is 17.9 Å². The van der Waals surface area contributed by atoms with Crippen molar-refractivity contribution in [2.75, 3.05) is 18.0 Å². The Bertz CT molecular complexity index is 561. The number of aromatic nitrogens is 2. The van der Waals surface area contributed by atoms with Crippen molar-refractivity contribution in [3.63, 3.8) is 0 Å². The number of rotatable bonds is 3. The van der Waals surface area contributed by atoms with Gasteiger partial charge in [0.25, 0.3) is 0 Å². The molecule has 2 N–H and O–H groups in total. The molecule has 1 aromatic carbocycles. The van der Waals surface area contributed by atoms with Crippen molar-refractivity contribution >= 4 is 5.69 Å². The number of nitrogens with two attached hydrogens (primary N) is 1. The minimum absolute atomic E-state index is 0.186. The minimum Gasteiger partial charge on any atom is -0.371 e. The van der Waals surface area contributed by atoms with E-state index in [0.717, 1.165) is 25.9 Å². The first-order valence-electron chi connectivity index (χ1n) is 6.81. The average molecular weight is 256 g/mol. The van der Waals surface area contributed by atoms with Crippen molar-refractivity contribution in [3.8, 4) is 0 Å². The fourth-order valence-electron chi connectivity index (χ4n) is 2.76. The summed E-state index contributed by atoms with van der Waals surface area (Å²) >= 11 is 0. The highest BCUT2D eigenvalue weighted by Gasteiger charge is 2.21. The van der Waals surface area contributed by atoms with E-state index in [9.17, 15) is 0 Å². The SMILES string of the molecule is Cn1cc(CCN2CCC(N)c3ccccc32)cn1. The van der Waals surface area contributed by atoms with Crippen LogP contribution in [0.3, 0.4) is 0 Å². The maximum Gasteiger partial charge on any atom is 0.0522 e. The van der Waals surface area contributed by atoms with E-state index in [2.05, 4.69) is 40.5 Å². The molecule has 4 nitrogen and oxygen atoms in total. The first-order chi connectivity index (χ1) is 9.24. The first-order valence-corrected chi connectivity index (χ1v) is 6.81. The Morgan fingerprint density at radius 1 is 1.37 bits per heavy atom. The molecule has 19 heavy (non-hydrogen) atoms. The molecule has 1 aliphatic heterocycles. The van der Waals surface area contributed by atoms with Crippen LogP contribution in [-0.2, 0) is 13.5 Å². The van der Waals surface area contributed by atoms with E-state index in [-0.39, 0.29) is 6.04 Å². The van der Waals surface area contributed by atoms with Crippen molar-refractivity contribution in [1.82, 2.24) is 9.78 Å². The summed E-state index contributed by atoms with van der Waals surface area (Å²) in [5.74, 6) is 0. The zero-order chi connectivity index (χ0) is 13.2. The van der Waals surface area contributed by atoms with Crippen LogP contribution in [0.25, 0.3) is 0 Å². The number of nitrogens with zero attached hydrogens (tertiary/aromatic N) is 3. The Balaban J connectivity index is 1.74. The molecule has 100 valence electrons. The van der Waals surface area contributed by atoms with E-state index in [1.165, 1.54) is 16.8 Å². The van der Waals surface area contributed by atoms with Crippen LogP contribution in [0.5, 0.6) is 0 Å². The summed E-state index contributed by atoms with van der Waals surface area (Å²) in [6, 6.07) is 8.68. The van der Waals surface area contributed by atoms with Crippen LogP contribution in [0.1, 0.15) is 23.6 Å². The van der Waals surface area contributed by atoms with Gasteiger partial charge in [-0.15, -0.1) is 0 Å².